The molecule has 2 rings (SSSR count). The van der Waals surface area contributed by atoms with Gasteiger partial charge in [-0.3, -0.25) is 4.98 Å². The van der Waals surface area contributed by atoms with Crippen molar-refractivity contribution in [2.45, 2.75) is 27.2 Å². The van der Waals surface area contributed by atoms with E-state index in [1.165, 1.54) is 5.56 Å². The molecule has 0 bridgehead atoms. The second-order valence-electron chi connectivity index (χ2n) is 4.62. The predicted molar refractivity (Wildman–Crippen MR) is 68.5 cm³/mol. The molecule has 0 aliphatic heterocycles. The third kappa shape index (κ3) is 2.87. The average Bonchev–Trinajstić information content (AvgIpc) is 2.32. The van der Waals surface area contributed by atoms with Gasteiger partial charge in [-0.05, 0) is 37.0 Å². The Kier molecular flexibility index (Phi) is 3.47. The quantitative estimate of drug-likeness (QED) is 0.809. The third-order valence-corrected chi connectivity index (χ3v) is 2.60. The highest BCUT2D eigenvalue weighted by Crippen LogP contribution is 2.15. The van der Waals surface area contributed by atoms with Gasteiger partial charge in [0.15, 0.2) is 5.82 Å². The van der Waals surface area contributed by atoms with E-state index in [0.29, 0.717) is 11.7 Å². The van der Waals surface area contributed by atoms with Crippen molar-refractivity contribution >= 4 is 0 Å². The fraction of sp³-hybridized carbons (Fsp3) is 0.357. The van der Waals surface area contributed by atoms with E-state index < -0.39 is 0 Å². The fourth-order valence-corrected chi connectivity index (χ4v) is 1.75. The van der Waals surface area contributed by atoms with Gasteiger partial charge in [0.1, 0.15) is 5.69 Å². The third-order valence-electron chi connectivity index (χ3n) is 2.60. The van der Waals surface area contributed by atoms with Crippen LogP contribution in [0.25, 0.3) is 11.5 Å². The van der Waals surface area contributed by atoms with Gasteiger partial charge < -0.3 is 0 Å². The molecule has 0 spiro atoms. The summed E-state index contributed by atoms with van der Waals surface area (Å²) in [6.07, 6.45) is 4.71. The number of pyridine rings is 1. The largest absolute Gasteiger partial charge is 0.253 e. The summed E-state index contributed by atoms with van der Waals surface area (Å²) in [6, 6.07) is 5.77. The van der Waals surface area contributed by atoms with Gasteiger partial charge in [-0.2, -0.15) is 0 Å². The summed E-state index contributed by atoms with van der Waals surface area (Å²) >= 11 is 0. The molecule has 0 unspecified atom stereocenters. The highest BCUT2D eigenvalue weighted by molar-refractivity contribution is 5.48. The van der Waals surface area contributed by atoms with Crippen LogP contribution in [0.4, 0.5) is 0 Å². The lowest BCUT2D eigenvalue weighted by atomic mass is 10.0. The van der Waals surface area contributed by atoms with Gasteiger partial charge in [0.2, 0.25) is 0 Å². The molecule has 0 fully saturated rings. The Morgan fingerprint density at radius 3 is 2.59 bits per heavy atom. The first-order chi connectivity index (χ1) is 8.16. The van der Waals surface area contributed by atoms with Crippen molar-refractivity contribution in [2.75, 3.05) is 0 Å². The van der Waals surface area contributed by atoms with Crippen molar-refractivity contribution in [2.24, 2.45) is 5.92 Å². The molecule has 3 heteroatoms. The summed E-state index contributed by atoms with van der Waals surface area (Å²) in [5.41, 5.74) is 3.10. The Bertz CT molecular complexity index is 492. The molecule has 0 N–H and O–H groups in total. The fourth-order valence-electron chi connectivity index (χ4n) is 1.75. The predicted octanol–water partition coefficient (Wildman–Crippen LogP) is 3.05. The first-order valence-electron chi connectivity index (χ1n) is 5.90. The topological polar surface area (TPSA) is 38.7 Å². The Morgan fingerprint density at radius 2 is 2.00 bits per heavy atom. The molecule has 88 valence electrons. The molecular formula is C14H17N3. The maximum absolute atomic E-state index is 4.52. The van der Waals surface area contributed by atoms with Crippen LogP contribution in [0.2, 0.25) is 0 Å². The van der Waals surface area contributed by atoms with E-state index in [2.05, 4.69) is 28.8 Å². The van der Waals surface area contributed by atoms with Crippen LogP contribution in [0.1, 0.15) is 25.1 Å². The van der Waals surface area contributed by atoms with Crippen LogP contribution in [-0.4, -0.2) is 15.0 Å². The van der Waals surface area contributed by atoms with Gasteiger partial charge in [-0.25, -0.2) is 9.97 Å². The number of hydrogen-bond acceptors (Lipinski definition) is 3. The van der Waals surface area contributed by atoms with Crippen LogP contribution in [0.3, 0.4) is 0 Å². The SMILES string of the molecule is Cc1nc(-c2ccccn2)ncc1CC(C)C. The molecule has 2 heterocycles. The molecule has 0 aromatic carbocycles. The number of aryl methyl sites for hydroxylation is 1. The van der Waals surface area contributed by atoms with E-state index in [1.807, 2.05) is 31.3 Å². The minimum atomic E-state index is 0.623. The van der Waals surface area contributed by atoms with Gasteiger partial charge >= 0.3 is 0 Å². The highest BCUT2D eigenvalue weighted by atomic mass is 14.9. The van der Waals surface area contributed by atoms with E-state index in [4.69, 9.17) is 0 Å². The molecule has 2 aromatic heterocycles. The first kappa shape index (κ1) is 11.7. The lowest BCUT2D eigenvalue weighted by molar-refractivity contribution is 0.640. The van der Waals surface area contributed by atoms with Crippen molar-refractivity contribution in [3.8, 4) is 11.5 Å². The van der Waals surface area contributed by atoms with Crippen LogP contribution < -0.4 is 0 Å². The summed E-state index contributed by atoms with van der Waals surface area (Å²) in [7, 11) is 0. The normalized spacial score (nSPS) is 10.8. The lowest BCUT2D eigenvalue weighted by Gasteiger charge is -2.08. The molecule has 0 amide bonds. The second kappa shape index (κ2) is 5.04. The molecule has 0 aliphatic rings. The lowest BCUT2D eigenvalue weighted by Crippen LogP contribution is -2.02. The zero-order valence-corrected chi connectivity index (χ0v) is 10.5. The van der Waals surface area contributed by atoms with E-state index in [-0.39, 0.29) is 0 Å². The maximum Gasteiger partial charge on any atom is 0.178 e. The van der Waals surface area contributed by atoms with Crippen LogP contribution in [-0.2, 0) is 6.42 Å². The summed E-state index contributed by atoms with van der Waals surface area (Å²) in [5, 5.41) is 0. The minimum absolute atomic E-state index is 0.623. The van der Waals surface area contributed by atoms with Gasteiger partial charge in [-0.1, -0.05) is 19.9 Å². The molecule has 0 saturated heterocycles. The number of rotatable bonds is 3. The van der Waals surface area contributed by atoms with Crippen LogP contribution in [0.5, 0.6) is 0 Å². The maximum atomic E-state index is 4.52. The van der Waals surface area contributed by atoms with Gasteiger partial charge in [0.25, 0.3) is 0 Å². The molecule has 0 radical (unpaired) electrons. The monoisotopic (exact) mass is 227 g/mol. The Morgan fingerprint density at radius 1 is 1.18 bits per heavy atom. The summed E-state index contributed by atoms with van der Waals surface area (Å²) < 4.78 is 0. The van der Waals surface area contributed by atoms with E-state index in [9.17, 15) is 0 Å². The Hall–Kier alpha value is -1.77. The van der Waals surface area contributed by atoms with Crippen LogP contribution in [0.15, 0.2) is 30.6 Å². The van der Waals surface area contributed by atoms with Crippen molar-refractivity contribution in [1.82, 2.24) is 15.0 Å². The van der Waals surface area contributed by atoms with Crippen molar-refractivity contribution in [3.05, 3.63) is 41.9 Å². The van der Waals surface area contributed by atoms with Gasteiger partial charge in [0, 0.05) is 18.1 Å². The standard InChI is InChI=1S/C14H17N3/c1-10(2)8-12-9-16-14(17-11(12)3)13-6-4-5-7-15-13/h4-7,9-10H,8H2,1-3H3. The molecule has 2 aromatic rings. The zero-order valence-electron chi connectivity index (χ0n) is 10.5. The molecule has 17 heavy (non-hydrogen) atoms. The smallest absolute Gasteiger partial charge is 0.178 e. The Labute approximate surface area is 102 Å². The van der Waals surface area contributed by atoms with Gasteiger partial charge in [-0.15, -0.1) is 0 Å². The van der Waals surface area contributed by atoms with Crippen LogP contribution >= 0.6 is 0 Å². The molecular weight excluding hydrogens is 210 g/mol. The van der Waals surface area contributed by atoms with E-state index in [0.717, 1.165) is 17.8 Å². The van der Waals surface area contributed by atoms with Gasteiger partial charge in [0.05, 0.1) is 0 Å². The highest BCUT2D eigenvalue weighted by Gasteiger charge is 2.07. The first-order valence-corrected chi connectivity index (χ1v) is 5.90. The van der Waals surface area contributed by atoms with Crippen molar-refractivity contribution < 1.29 is 0 Å². The summed E-state index contributed by atoms with van der Waals surface area (Å²) in [5.74, 6) is 1.33. The number of nitrogens with zero attached hydrogens (tertiary/aromatic N) is 3. The summed E-state index contributed by atoms with van der Waals surface area (Å²) in [4.78, 5) is 13.2. The Balaban J connectivity index is 2.31. The molecule has 0 saturated carbocycles. The zero-order chi connectivity index (χ0) is 12.3. The molecule has 0 atom stereocenters. The van der Waals surface area contributed by atoms with Crippen molar-refractivity contribution in [3.63, 3.8) is 0 Å². The van der Waals surface area contributed by atoms with Crippen molar-refractivity contribution in [1.29, 1.82) is 0 Å². The number of hydrogen-bond donors (Lipinski definition) is 0. The van der Waals surface area contributed by atoms with E-state index in [1.54, 1.807) is 6.20 Å². The molecule has 3 nitrogen and oxygen atoms in total. The molecule has 0 aliphatic carbocycles. The average molecular weight is 227 g/mol. The van der Waals surface area contributed by atoms with E-state index >= 15 is 0 Å². The van der Waals surface area contributed by atoms with Crippen LogP contribution in [0, 0.1) is 12.8 Å². The number of aromatic nitrogens is 3. The minimum Gasteiger partial charge on any atom is -0.253 e. The second-order valence-corrected chi connectivity index (χ2v) is 4.62. The summed E-state index contributed by atoms with van der Waals surface area (Å²) in [6.45, 7) is 6.43.